The Bertz CT molecular complexity index is 469. The minimum absolute atomic E-state index is 0.258. The fourth-order valence-corrected chi connectivity index (χ4v) is 2.69. The summed E-state index contributed by atoms with van der Waals surface area (Å²) < 4.78 is 34.9. The van der Waals surface area contributed by atoms with Crippen LogP contribution in [0.25, 0.3) is 5.57 Å². The quantitative estimate of drug-likeness (QED) is 0.722. The molecule has 1 unspecified atom stereocenters. The monoisotopic (exact) mass is 300 g/mol. The predicted molar refractivity (Wildman–Crippen MR) is 79.7 cm³/mol. The van der Waals surface area contributed by atoms with Gasteiger partial charge in [0.25, 0.3) is 5.88 Å². The van der Waals surface area contributed by atoms with Crippen LogP contribution < -0.4 is 4.74 Å². The number of nitrogens with zero attached hydrogens (tertiary/aromatic N) is 3. The molecule has 20 heavy (non-hydrogen) atoms. The third-order valence-electron chi connectivity index (χ3n) is 3.27. The molecule has 0 aliphatic carbocycles. The molecule has 0 radical (unpaired) electrons. The summed E-state index contributed by atoms with van der Waals surface area (Å²) in [5, 5.41) is 0. The van der Waals surface area contributed by atoms with Crippen molar-refractivity contribution in [1.29, 1.82) is 0 Å². The van der Waals surface area contributed by atoms with E-state index in [1.807, 2.05) is 4.90 Å². The molecule has 0 spiro atoms. The van der Waals surface area contributed by atoms with Crippen LogP contribution in [0.3, 0.4) is 0 Å². The molecule has 2 rings (SSSR count). The second-order valence-corrected chi connectivity index (χ2v) is 5.54. The van der Waals surface area contributed by atoms with Crippen molar-refractivity contribution in [2.24, 2.45) is 0 Å². The Balaban J connectivity index is 1.96. The molecule has 4 nitrogen and oxygen atoms in total. The molecular formula is C14H22FN3OS. The lowest BCUT2D eigenvalue weighted by atomic mass is 10.1. The van der Waals surface area contributed by atoms with E-state index in [4.69, 9.17) is 6.11 Å². The fraction of sp³-hybridized carbons (Fsp3) is 0.714. The second kappa shape index (κ2) is 7.69. The molecule has 1 aliphatic heterocycles. The first-order valence-corrected chi connectivity index (χ1v) is 7.82. The van der Waals surface area contributed by atoms with Crippen LogP contribution in [0.15, 0.2) is 6.08 Å². The third-order valence-corrected chi connectivity index (χ3v) is 3.78. The molecule has 112 valence electrons. The summed E-state index contributed by atoms with van der Waals surface area (Å²) in [6, 6.07) is 0. The number of aromatic nitrogens is 2. The molecule has 1 aromatic rings. The highest BCUT2D eigenvalue weighted by atomic mass is 32.1. The first-order valence-electron chi connectivity index (χ1n) is 7.79. The number of rotatable bonds is 7. The molecule has 0 aromatic carbocycles. The van der Waals surface area contributed by atoms with Gasteiger partial charge in [0.05, 0.1) is 11.7 Å². The number of ether oxygens (including phenoxy) is 1. The highest BCUT2D eigenvalue weighted by Crippen LogP contribution is 2.28. The average Bonchev–Trinajstić information content (AvgIpc) is 2.95. The van der Waals surface area contributed by atoms with E-state index in [9.17, 15) is 4.39 Å². The van der Waals surface area contributed by atoms with Crippen molar-refractivity contribution in [3.8, 4) is 5.88 Å². The molecule has 0 saturated carbocycles. The first kappa shape index (κ1) is 13.9. The fourth-order valence-electron chi connectivity index (χ4n) is 2.17. The standard InChI is InChI=1S/C14H22FN3OS/c1-3-4-5-8-12(15)19-14-13(16-20-17-14)11-7-6-9-18(2)10-11/h7,12H,3-6,8-10H2,1-2H3/i2D. The summed E-state index contributed by atoms with van der Waals surface area (Å²) in [4.78, 5) is 2.01. The van der Waals surface area contributed by atoms with Crippen molar-refractivity contribution >= 4 is 17.3 Å². The van der Waals surface area contributed by atoms with Gasteiger partial charge in [-0.1, -0.05) is 25.8 Å². The van der Waals surface area contributed by atoms with Gasteiger partial charge >= 0.3 is 0 Å². The first-order chi connectivity index (χ1) is 10.2. The molecule has 0 amide bonds. The lowest BCUT2D eigenvalue weighted by Crippen LogP contribution is -2.25. The summed E-state index contributed by atoms with van der Waals surface area (Å²) in [5.41, 5.74) is 1.62. The Hall–Kier alpha value is -1.01. The number of hydrogen-bond acceptors (Lipinski definition) is 5. The zero-order chi connectivity index (χ0) is 15.1. The van der Waals surface area contributed by atoms with Crippen LogP contribution in [0, 0.1) is 0 Å². The van der Waals surface area contributed by atoms with E-state index < -0.39 is 6.36 Å². The minimum atomic E-state index is -1.32. The number of likely N-dealkylation sites (N-methyl/N-ethyl adjacent to an activating group) is 1. The van der Waals surface area contributed by atoms with Crippen LogP contribution >= 0.6 is 11.7 Å². The van der Waals surface area contributed by atoms with Gasteiger partial charge < -0.3 is 9.64 Å². The van der Waals surface area contributed by atoms with Gasteiger partial charge in [0.1, 0.15) is 5.69 Å². The van der Waals surface area contributed by atoms with Gasteiger partial charge in [0.2, 0.25) is 6.36 Å². The van der Waals surface area contributed by atoms with Crippen LogP contribution in [-0.2, 0) is 0 Å². The number of hydrogen-bond donors (Lipinski definition) is 0. The molecule has 1 atom stereocenters. The van der Waals surface area contributed by atoms with Crippen molar-refractivity contribution in [3.63, 3.8) is 0 Å². The van der Waals surface area contributed by atoms with E-state index in [1.165, 1.54) is 0 Å². The van der Waals surface area contributed by atoms with E-state index in [1.54, 1.807) is 0 Å². The predicted octanol–water partition coefficient (Wildman–Crippen LogP) is 3.51. The van der Waals surface area contributed by atoms with Crippen molar-refractivity contribution in [3.05, 3.63) is 11.8 Å². The maximum atomic E-state index is 13.8. The Morgan fingerprint density at radius 1 is 1.55 bits per heavy atom. The van der Waals surface area contributed by atoms with E-state index in [0.29, 0.717) is 24.5 Å². The maximum absolute atomic E-state index is 13.8. The van der Waals surface area contributed by atoms with Gasteiger partial charge in [0.15, 0.2) is 0 Å². The number of alkyl halides is 1. The topological polar surface area (TPSA) is 38.2 Å². The van der Waals surface area contributed by atoms with Gasteiger partial charge in [-0.3, -0.25) is 0 Å². The van der Waals surface area contributed by atoms with Crippen LogP contribution in [0.4, 0.5) is 4.39 Å². The molecular weight excluding hydrogens is 277 g/mol. The molecule has 6 heteroatoms. The van der Waals surface area contributed by atoms with Crippen molar-refractivity contribution < 1.29 is 10.5 Å². The van der Waals surface area contributed by atoms with Gasteiger partial charge in [-0.05, 0) is 25.4 Å². The molecule has 1 aromatic heterocycles. The zero-order valence-electron chi connectivity index (χ0n) is 12.8. The van der Waals surface area contributed by atoms with Crippen molar-refractivity contribution in [1.82, 2.24) is 13.6 Å². The number of unbranched alkanes of at least 4 members (excludes halogenated alkanes) is 2. The highest BCUT2D eigenvalue weighted by molar-refractivity contribution is 6.99. The molecule has 0 bridgehead atoms. The zero-order valence-corrected chi connectivity index (χ0v) is 12.7. The Morgan fingerprint density at radius 3 is 3.25 bits per heavy atom. The molecule has 2 heterocycles. The van der Waals surface area contributed by atoms with Gasteiger partial charge in [-0.2, -0.15) is 4.37 Å². The third kappa shape index (κ3) is 4.24. The summed E-state index contributed by atoms with van der Waals surface area (Å²) in [7, 11) is 0.258. The second-order valence-electron chi connectivity index (χ2n) is 5.01. The van der Waals surface area contributed by atoms with Crippen molar-refractivity contribution in [2.75, 3.05) is 20.1 Å². The minimum Gasteiger partial charge on any atom is -0.441 e. The van der Waals surface area contributed by atoms with Crippen LogP contribution in [-0.4, -0.2) is 40.1 Å². The van der Waals surface area contributed by atoms with Gasteiger partial charge in [-0.25, -0.2) is 4.39 Å². The van der Waals surface area contributed by atoms with Crippen LogP contribution in [0.5, 0.6) is 5.88 Å². The SMILES string of the molecule is [2H]CN1CCC=C(c2nsnc2OC(F)CCCCC)C1. The number of halogens is 1. The summed E-state index contributed by atoms with van der Waals surface area (Å²) in [5.74, 6) is 0.294. The Morgan fingerprint density at radius 2 is 2.45 bits per heavy atom. The highest BCUT2D eigenvalue weighted by Gasteiger charge is 2.20. The van der Waals surface area contributed by atoms with Gasteiger partial charge in [-0.15, -0.1) is 4.37 Å². The molecule has 1 aliphatic rings. The molecule has 0 fully saturated rings. The van der Waals surface area contributed by atoms with Crippen molar-refractivity contribution in [2.45, 2.75) is 45.4 Å². The largest absolute Gasteiger partial charge is 0.441 e. The average molecular weight is 300 g/mol. The Kier molecular flexibility index (Phi) is 5.36. The lowest BCUT2D eigenvalue weighted by molar-refractivity contribution is 0.0530. The van der Waals surface area contributed by atoms with E-state index in [2.05, 4.69) is 21.7 Å². The summed E-state index contributed by atoms with van der Waals surface area (Å²) in [6.45, 7) is 3.62. The normalized spacial score (nSPS) is 18.5. The van der Waals surface area contributed by atoms with E-state index in [-0.39, 0.29) is 7.02 Å². The molecule has 0 N–H and O–H groups in total. The summed E-state index contributed by atoms with van der Waals surface area (Å²) >= 11 is 1.04. The van der Waals surface area contributed by atoms with E-state index >= 15 is 0 Å². The van der Waals surface area contributed by atoms with Crippen LogP contribution in [0.1, 0.15) is 46.1 Å². The lowest BCUT2D eigenvalue weighted by Gasteiger charge is -2.22. The van der Waals surface area contributed by atoms with Gasteiger partial charge in [0, 0.05) is 20.9 Å². The smallest absolute Gasteiger partial charge is 0.256 e. The molecule has 0 saturated heterocycles. The van der Waals surface area contributed by atoms with Crippen LogP contribution in [0.2, 0.25) is 0 Å². The summed E-state index contributed by atoms with van der Waals surface area (Å²) in [6.07, 6.45) is 4.92. The van der Waals surface area contributed by atoms with E-state index in [0.717, 1.165) is 49.5 Å². The maximum Gasteiger partial charge on any atom is 0.256 e. The Labute approximate surface area is 125 Å².